The quantitative estimate of drug-likeness (QED) is 0.305. The van der Waals surface area contributed by atoms with E-state index >= 15 is 0 Å². The molecule has 0 aliphatic carbocycles. The van der Waals surface area contributed by atoms with Crippen LogP contribution in [0.2, 0.25) is 10.0 Å². The summed E-state index contributed by atoms with van der Waals surface area (Å²) in [4.78, 5) is 17.2. The van der Waals surface area contributed by atoms with Gasteiger partial charge in [-0.05, 0) is 60.7 Å². The number of benzene rings is 2. The second kappa shape index (κ2) is 7.39. The van der Waals surface area contributed by atoms with Gasteiger partial charge >= 0.3 is 0 Å². The lowest BCUT2D eigenvalue weighted by molar-refractivity contribution is 0.104. The Morgan fingerprint density at radius 2 is 1.56 bits per heavy atom. The summed E-state index contributed by atoms with van der Waals surface area (Å²) in [5.74, 6) is -0.0976. The van der Waals surface area contributed by atoms with E-state index in [1.807, 2.05) is 53.1 Å². The summed E-state index contributed by atoms with van der Waals surface area (Å²) in [6, 6.07) is 20.1. The van der Waals surface area contributed by atoms with Gasteiger partial charge in [-0.15, -0.1) is 0 Å². The minimum Gasteiger partial charge on any atom is -0.300 e. The van der Waals surface area contributed by atoms with Gasteiger partial charge in [-0.2, -0.15) is 0 Å². The molecule has 0 saturated heterocycles. The first-order chi connectivity index (χ1) is 13.1. The maximum atomic E-state index is 12.5. The van der Waals surface area contributed by atoms with Gasteiger partial charge < -0.3 is 0 Å². The van der Waals surface area contributed by atoms with Gasteiger partial charge in [0.05, 0.1) is 11.4 Å². The first-order valence-electron chi connectivity index (χ1n) is 8.33. The number of fused-ring (bicyclic) bond motifs is 1. The second-order valence-corrected chi connectivity index (χ2v) is 6.86. The van der Waals surface area contributed by atoms with Crippen LogP contribution in [0.25, 0.3) is 23.0 Å². The highest BCUT2D eigenvalue weighted by atomic mass is 35.5. The Bertz CT molecular complexity index is 1140. The molecule has 0 saturated carbocycles. The van der Waals surface area contributed by atoms with Crippen molar-refractivity contribution in [2.24, 2.45) is 0 Å². The van der Waals surface area contributed by atoms with Crippen molar-refractivity contribution >= 4 is 40.7 Å². The van der Waals surface area contributed by atoms with Crippen LogP contribution < -0.4 is 0 Å². The van der Waals surface area contributed by atoms with E-state index in [0.717, 1.165) is 22.6 Å². The third-order valence-electron chi connectivity index (χ3n) is 4.21. The SMILES string of the molecule is O=C(/C=C/c1c(-c2ccc(Cl)cc2)nc2ccccn12)c1ccc(Cl)cc1. The minimum absolute atomic E-state index is 0.0976. The maximum absolute atomic E-state index is 12.5. The topological polar surface area (TPSA) is 34.4 Å². The lowest BCUT2D eigenvalue weighted by Crippen LogP contribution is -1.94. The molecule has 4 rings (SSSR count). The highest BCUT2D eigenvalue weighted by molar-refractivity contribution is 6.31. The summed E-state index contributed by atoms with van der Waals surface area (Å²) in [7, 11) is 0. The van der Waals surface area contributed by atoms with Crippen molar-refractivity contribution in [3.63, 3.8) is 0 Å². The molecule has 27 heavy (non-hydrogen) atoms. The maximum Gasteiger partial charge on any atom is 0.185 e. The van der Waals surface area contributed by atoms with Gasteiger partial charge in [-0.25, -0.2) is 4.98 Å². The largest absolute Gasteiger partial charge is 0.300 e. The lowest BCUT2D eigenvalue weighted by Gasteiger charge is -2.01. The van der Waals surface area contributed by atoms with E-state index < -0.39 is 0 Å². The van der Waals surface area contributed by atoms with Crippen LogP contribution in [0, 0.1) is 0 Å². The summed E-state index contributed by atoms with van der Waals surface area (Å²) in [6.07, 6.45) is 5.27. The van der Waals surface area contributed by atoms with Gasteiger partial charge in [-0.1, -0.05) is 41.4 Å². The highest BCUT2D eigenvalue weighted by Gasteiger charge is 2.12. The average molecular weight is 393 g/mol. The van der Waals surface area contributed by atoms with Crippen LogP contribution in [0.4, 0.5) is 0 Å². The molecule has 0 radical (unpaired) electrons. The van der Waals surface area contributed by atoms with Crippen molar-refractivity contribution in [2.75, 3.05) is 0 Å². The Labute approximate surface area is 166 Å². The summed E-state index contributed by atoms with van der Waals surface area (Å²) >= 11 is 11.9. The van der Waals surface area contributed by atoms with Crippen molar-refractivity contribution < 1.29 is 4.79 Å². The number of halogens is 2. The third-order valence-corrected chi connectivity index (χ3v) is 4.71. The number of hydrogen-bond acceptors (Lipinski definition) is 2. The Kier molecular flexibility index (Phi) is 4.80. The number of carbonyl (C=O) groups excluding carboxylic acids is 1. The van der Waals surface area contributed by atoms with Crippen LogP contribution in [0.15, 0.2) is 79.0 Å². The fraction of sp³-hybridized carbons (Fsp3) is 0. The number of allylic oxidation sites excluding steroid dienone is 1. The van der Waals surface area contributed by atoms with Crippen LogP contribution in [-0.4, -0.2) is 15.2 Å². The van der Waals surface area contributed by atoms with Gasteiger partial charge in [0.25, 0.3) is 0 Å². The molecule has 2 aromatic heterocycles. The molecule has 2 aromatic carbocycles. The molecule has 4 aromatic rings. The van der Waals surface area contributed by atoms with Crippen LogP contribution in [-0.2, 0) is 0 Å². The molecule has 0 aliphatic rings. The van der Waals surface area contributed by atoms with E-state index in [1.54, 1.807) is 36.4 Å². The fourth-order valence-corrected chi connectivity index (χ4v) is 3.11. The number of ketones is 1. The predicted molar refractivity (Wildman–Crippen MR) is 110 cm³/mol. The Balaban J connectivity index is 1.77. The van der Waals surface area contributed by atoms with Crippen molar-refractivity contribution in [3.05, 3.63) is 100 Å². The van der Waals surface area contributed by atoms with Gasteiger partial charge in [0.15, 0.2) is 5.78 Å². The second-order valence-electron chi connectivity index (χ2n) is 5.99. The van der Waals surface area contributed by atoms with Crippen LogP contribution in [0.3, 0.4) is 0 Å². The number of carbonyl (C=O) groups is 1. The third kappa shape index (κ3) is 3.65. The summed E-state index contributed by atoms with van der Waals surface area (Å²) in [5.41, 5.74) is 3.94. The fourth-order valence-electron chi connectivity index (χ4n) is 2.86. The zero-order valence-electron chi connectivity index (χ0n) is 14.1. The standard InChI is InChI=1S/C22H14Cl2N2O/c23-17-8-4-15(5-9-17)20(27)13-12-19-22(16-6-10-18(24)11-7-16)25-21-3-1-2-14-26(19)21/h1-14H/b13-12+. The summed E-state index contributed by atoms with van der Waals surface area (Å²) < 4.78 is 1.95. The number of rotatable bonds is 4. The molecule has 132 valence electrons. The van der Waals surface area contributed by atoms with Crippen molar-refractivity contribution in [3.8, 4) is 11.3 Å². The lowest BCUT2D eigenvalue weighted by atomic mass is 10.1. The van der Waals surface area contributed by atoms with Crippen molar-refractivity contribution in [2.45, 2.75) is 0 Å². The molecule has 2 heterocycles. The number of pyridine rings is 1. The van der Waals surface area contributed by atoms with E-state index in [4.69, 9.17) is 28.2 Å². The first kappa shape index (κ1) is 17.5. The van der Waals surface area contributed by atoms with Crippen LogP contribution in [0.1, 0.15) is 16.1 Å². The molecule has 0 fully saturated rings. The van der Waals surface area contributed by atoms with Crippen molar-refractivity contribution in [1.29, 1.82) is 0 Å². The van der Waals surface area contributed by atoms with Gasteiger partial charge in [0.1, 0.15) is 5.65 Å². The van der Waals surface area contributed by atoms with Crippen molar-refractivity contribution in [1.82, 2.24) is 9.38 Å². The predicted octanol–water partition coefficient (Wildman–Crippen LogP) is 6.20. The van der Waals surface area contributed by atoms with Crippen LogP contribution in [0.5, 0.6) is 0 Å². The van der Waals surface area contributed by atoms with E-state index in [0.29, 0.717) is 15.6 Å². The Morgan fingerprint density at radius 3 is 2.26 bits per heavy atom. The van der Waals surface area contributed by atoms with Gasteiger partial charge in [0.2, 0.25) is 0 Å². The number of imidazole rings is 1. The molecular formula is C22H14Cl2N2O. The molecule has 0 spiro atoms. The highest BCUT2D eigenvalue weighted by Crippen LogP contribution is 2.27. The molecule has 0 bridgehead atoms. The van der Waals surface area contributed by atoms with Gasteiger partial charge in [-0.3, -0.25) is 9.20 Å². The monoisotopic (exact) mass is 392 g/mol. The molecule has 0 aliphatic heterocycles. The minimum atomic E-state index is -0.0976. The zero-order valence-corrected chi connectivity index (χ0v) is 15.7. The molecule has 0 atom stereocenters. The zero-order chi connectivity index (χ0) is 18.8. The number of hydrogen-bond donors (Lipinski definition) is 0. The number of aromatic nitrogens is 2. The Morgan fingerprint density at radius 1 is 0.889 bits per heavy atom. The van der Waals surface area contributed by atoms with Crippen LogP contribution >= 0.6 is 23.2 Å². The van der Waals surface area contributed by atoms with Gasteiger partial charge in [0, 0.05) is 27.4 Å². The molecule has 0 N–H and O–H groups in total. The van der Waals surface area contributed by atoms with E-state index in [-0.39, 0.29) is 5.78 Å². The van der Waals surface area contributed by atoms with E-state index in [1.165, 1.54) is 0 Å². The summed E-state index contributed by atoms with van der Waals surface area (Å²) in [6.45, 7) is 0. The summed E-state index contributed by atoms with van der Waals surface area (Å²) in [5, 5.41) is 1.26. The normalized spacial score (nSPS) is 11.3. The smallest absolute Gasteiger partial charge is 0.185 e. The van der Waals surface area contributed by atoms with E-state index in [9.17, 15) is 4.79 Å². The first-order valence-corrected chi connectivity index (χ1v) is 9.08. The molecular weight excluding hydrogens is 379 g/mol. The number of nitrogens with zero attached hydrogens (tertiary/aromatic N) is 2. The average Bonchev–Trinajstić information content (AvgIpc) is 3.06. The molecule has 3 nitrogen and oxygen atoms in total. The Hall–Kier alpha value is -2.88. The molecule has 0 unspecified atom stereocenters. The van der Waals surface area contributed by atoms with E-state index in [2.05, 4.69) is 0 Å². The molecule has 0 amide bonds. The molecule has 5 heteroatoms.